The Morgan fingerprint density at radius 2 is 2.29 bits per heavy atom. The van der Waals surface area contributed by atoms with Gasteiger partial charge in [0.1, 0.15) is 11.9 Å². The molecular weight excluding hydrogens is 295 g/mol. The van der Waals surface area contributed by atoms with E-state index >= 15 is 0 Å². The van der Waals surface area contributed by atoms with Gasteiger partial charge < -0.3 is 10.1 Å². The SMILES string of the molecule is O=C(NC1CC1)C1CN(Cc2c(F)cccc2Cl)CCO1. The van der Waals surface area contributed by atoms with Crippen LogP contribution >= 0.6 is 11.6 Å². The molecule has 3 rings (SSSR count). The highest BCUT2D eigenvalue weighted by molar-refractivity contribution is 6.31. The zero-order valence-corrected chi connectivity index (χ0v) is 12.4. The van der Waals surface area contributed by atoms with Gasteiger partial charge in [-0.05, 0) is 25.0 Å². The number of halogens is 2. The minimum atomic E-state index is -0.482. The lowest BCUT2D eigenvalue weighted by atomic mass is 10.1. The lowest BCUT2D eigenvalue weighted by molar-refractivity contribution is -0.138. The van der Waals surface area contributed by atoms with Crippen LogP contribution in [0.3, 0.4) is 0 Å². The largest absolute Gasteiger partial charge is 0.366 e. The standard InChI is InChI=1S/C15H18ClFN2O2/c16-12-2-1-3-13(17)11(12)8-19-6-7-21-14(9-19)15(20)18-10-4-5-10/h1-3,10,14H,4-9H2,(H,18,20). The number of hydrogen-bond donors (Lipinski definition) is 1. The fraction of sp³-hybridized carbons (Fsp3) is 0.533. The van der Waals surface area contributed by atoms with Gasteiger partial charge in [0.25, 0.3) is 5.91 Å². The molecule has 1 N–H and O–H groups in total. The molecule has 1 aromatic rings. The van der Waals surface area contributed by atoms with Crippen molar-refractivity contribution in [1.29, 1.82) is 0 Å². The van der Waals surface area contributed by atoms with Gasteiger partial charge in [0.2, 0.25) is 0 Å². The van der Waals surface area contributed by atoms with Crippen molar-refractivity contribution < 1.29 is 13.9 Å². The van der Waals surface area contributed by atoms with Crippen LogP contribution in [-0.4, -0.2) is 42.6 Å². The number of nitrogens with one attached hydrogen (secondary N) is 1. The Hall–Kier alpha value is -1.17. The molecule has 0 bridgehead atoms. The van der Waals surface area contributed by atoms with Gasteiger partial charge in [0.15, 0.2) is 0 Å². The van der Waals surface area contributed by atoms with Crippen LogP contribution in [0, 0.1) is 5.82 Å². The Morgan fingerprint density at radius 1 is 1.48 bits per heavy atom. The summed E-state index contributed by atoms with van der Waals surface area (Å²) in [4.78, 5) is 14.0. The van der Waals surface area contributed by atoms with Crippen LogP contribution in [0.4, 0.5) is 4.39 Å². The Kier molecular flexibility index (Phi) is 4.42. The highest BCUT2D eigenvalue weighted by Gasteiger charge is 2.31. The topological polar surface area (TPSA) is 41.6 Å². The van der Waals surface area contributed by atoms with Crippen molar-refractivity contribution in [2.45, 2.75) is 31.5 Å². The zero-order valence-electron chi connectivity index (χ0n) is 11.6. The number of amides is 1. The van der Waals surface area contributed by atoms with Crippen molar-refractivity contribution in [1.82, 2.24) is 10.2 Å². The summed E-state index contributed by atoms with van der Waals surface area (Å²) in [5.74, 6) is -0.380. The van der Waals surface area contributed by atoms with Gasteiger partial charge >= 0.3 is 0 Å². The first-order valence-corrected chi connectivity index (χ1v) is 7.58. The van der Waals surface area contributed by atoms with Gasteiger partial charge in [0, 0.05) is 36.3 Å². The second kappa shape index (κ2) is 6.30. The molecule has 1 saturated heterocycles. The van der Waals surface area contributed by atoms with Crippen molar-refractivity contribution in [3.8, 4) is 0 Å². The first-order chi connectivity index (χ1) is 10.1. The predicted molar refractivity (Wildman–Crippen MR) is 77.6 cm³/mol. The Labute approximate surface area is 128 Å². The van der Waals surface area contributed by atoms with E-state index in [0.29, 0.717) is 42.9 Å². The van der Waals surface area contributed by atoms with Crippen molar-refractivity contribution in [2.24, 2.45) is 0 Å². The molecule has 0 aromatic heterocycles. The van der Waals surface area contributed by atoms with Crippen LogP contribution in [0.5, 0.6) is 0 Å². The summed E-state index contributed by atoms with van der Waals surface area (Å²) in [5.41, 5.74) is 0.474. The maximum absolute atomic E-state index is 13.8. The molecule has 1 heterocycles. The first kappa shape index (κ1) is 14.8. The van der Waals surface area contributed by atoms with Crippen molar-refractivity contribution in [3.05, 3.63) is 34.6 Å². The third-order valence-electron chi connectivity index (χ3n) is 3.81. The lowest BCUT2D eigenvalue weighted by Gasteiger charge is -2.32. The second-order valence-electron chi connectivity index (χ2n) is 5.58. The number of rotatable bonds is 4. The van der Waals surface area contributed by atoms with E-state index in [2.05, 4.69) is 5.32 Å². The van der Waals surface area contributed by atoms with E-state index in [1.807, 2.05) is 4.90 Å². The normalized spacial score (nSPS) is 23.0. The third kappa shape index (κ3) is 3.73. The van der Waals surface area contributed by atoms with Crippen molar-refractivity contribution in [2.75, 3.05) is 19.7 Å². The summed E-state index contributed by atoms with van der Waals surface area (Å²) < 4.78 is 19.3. The van der Waals surface area contributed by atoms with Crippen LogP contribution in [0.2, 0.25) is 5.02 Å². The summed E-state index contributed by atoms with van der Waals surface area (Å²) in [5, 5.41) is 3.36. The quantitative estimate of drug-likeness (QED) is 0.924. The highest BCUT2D eigenvalue weighted by Crippen LogP contribution is 2.22. The molecule has 1 aromatic carbocycles. The summed E-state index contributed by atoms with van der Waals surface area (Å²) in [7, 11) is 0. The summed E-state index contributed by atoms with van der Waals surface area (Å²) in [6, 6.07) is 4.99. The molecule has 1 aliphatic heterocycles. The minimum Gasteiger partial charge on any atom is -0.366 e. The summed E-state index contributed by atoms with van der Waals surface area (Å²) >= 11 is 6.05. The molecule has 0 radical (unpaired) electrons. The van der Waals surface area contributed by atoms with Crippen LogP contribution in [0.25, 0.3) is 0 Å². The summed E-state index contributed by atoms with van der Waals surface area (Å²) in [6.45, 7) is 1.98. The number of ether oxygens (including phenoxy) is 1. The van der Waals surface area contributed by atoms with Gasteiger partial charge in [-0.25, -0.2) is 4.39 Å². The van der Waals surface area contributed by atoms with E-state index in [0.717, 1.165) is 12.8 Å². The smallest absolute Gasteiger partial charge is 0.250 e. The van der Waals surface area contributed by atoms with Crippen molar-refractivity contribution >= 4 is 17.5 Å². The molecule has 21 heavy (non-hydrogen) atoms. The molecule has 2 aliphatic rings. The average Bonchev–Trinajstić information content (AvgIpc) is 3.27. The molecule has 0 spiro atoms. The van der Waals surface area contributed by atoms with E-state index in [9.17, 15) is 9.18 Å². The van der Waals surface area contributed by atoms with Gasteiger partial charge in [-0.15, -0.1) is 0 Å². The fourth-order valence-corrected chi connectivity index (χ4v) is 2.66. The highest BCUT2D eigenvalue weighted by atomic mass is 35.5. The second-order valence-corrected chi connectivity index (χ2v) is 5.98. The molecule has 1 saturated carbocycles. The zero-order chi connectivity index (χ0) is 14.8. The number of morpholine rings is 1. The molecule has 2 fully saturated rings. The van der Waals surface area contributed by atoms with Gasteiger partial charge in [-0.2, -0.15) is 0 Å². The Bertz CT molecular complexity index is 516. The number of nitrogens with zero attached hydrogens (tertiary/aromatic N) is 1. The molecule has 1 unspecified atom stereocenters. The number of carbonyl (C=O) groups excluding carboxylic acids is 1. The minimum absolute atomic E-state index is 0.0677. The van der Waals surface area contributed by atoms with E-state index in [1.165, 1.54) is 6.07 Å². The predicted octanol–water partition coefficient (Wildman–Crippen LogP) is 1.96. The fourth-order valence-electron chi connectivity index (χ4n) is 2.43. The molecule has 1 amide bonds. The number of hydrogen-bond acceptors (Lipinski definition) is 3. The van der Waals surface area contributed by atoms with Crippen LogP contribution in [0.15, 0.2) is 18.2 Å². The average molecular weight is 313 g/mol. The third-order valence-corrected chi connectivity index (χ3v) is 4.16. The van der Waals surface area contributed by atoms with E-state index in [-0.39, 0.29) is 11.7 Å². The van der Waals surface area contributed by atoms with Gasteiger partial charge in [-0.1, -0.05) is 17.7 Å². The lowest BCUT2D eigenvalue weighted by Crippen LogP contribution is -2.50. The molecule has 1 atom stereocenters. The number of carbonyl (C=O) groups is 1. The summed E-state index contributed by atoms with van der Waals surface area (Å²) in [6.07, 6.45) is 1.62. The number of benzene rings is 1. The van der Waals surface area contributed by atoms with E-state index in [1.54, 1.807) is 12.1 Å². The molecule has 1 aliphatic carbocycles. The maximum Gasteiger partial charge on any atom is 0.250 e. The van der Waals surface area contributed by atoms with Crippen LogP contribution in [-0.2, 0) is 16.1 Å². The van der Waals surface area contributed by atoms with Gasteiger partial charge in [-0.3, -0.25) is 9.69 Å². The molecule has 6 heteroatoms. The monoisotopic (exact) mass is 312 g/mol. The maximum atomic E-state index is 13.8. The Morgan fingerprint density at radius 3 is 3.00 bits per heavy atom. The van der Waals surface area contributed by atoms with E-state index in [4.69, 9.17) is 16.3 Å². The molecular formula is C15H18ClFN2O2. The van der Waals surface area contributed by atoms with Crippen LogP contribution < -0.4 is 5.32 Å². The van der Waals surface area contributed by atoms with Crippen molar-refractivity contribution in [3.63, 3.8) is 0 Å². The molecule has 114 valence electrons. The van der Waals surface area contributed by atoms with Crippen LogP contribution in [0.1, 0.15) is 18.4 Å². The Balaban J connectivity index is 1.61. The molecule has 4 nitrogen and oxygen atoms in total. The first-order valence-electron chi connectivity index (χ1n) is 7.20. The van der Waals surface area contributed by atoms with Gasteiger partial charge in [0.05, 0.1) is 6.61 Å². The van der Waals surface area contributed by atoms with E-state index < -0.39 is 6.10 Å².